The minimum Gasteiger partial charge on any atom is -0.467 e. The van der Waals surface area contributed by atoms with Gasteiger partial charge in [0, 0.05) is 6.54 Å². The van der Waals surface area contributed by atoms with Gasteiger partial charge in [-0.25, -0.2) is 0 Å². The number of furan rings is 1. The van der Waals surface area contributed by atoms with Gasteiger partial charge in [0.2, 0.25) is 0 Å². The molecule has 0 unspecified atom stereocenters. The lowest BCUT2D eigenvalue weighted by atomic mass is 9.74. The summed E-state index contributed by atoms with van der Waals surface area (Å²) in [5.41, 5.74) is 1.13. The predicted molar refractivity (Wildman–Crippen MR) is 100 cm³/mol. The molecule has 1 N–H and O–H groups in total. The summed E-state index contributed by atoms with van der Waals surface area (Å²) in [4.78, 5) is 16.6. The third-order valence-corrected chi connectivity index (χ3v) is 6.31. The van der Waals surface area contributed by atoms with Gasteiger partial charge < -0.3 is 24.1 Å². The maximum absolute atomic E-state index is 12.4. The minimum atomic E-state index is -0.654. The highest BCUT2D eigenvalue weighted by molar-refractivity contribution is 7.80. The Bertz CT molecular complexity index is 856. The van der Waals surface area contributed by atoms with E-state index in [1.54, 1.807) is 6.26 Å². The van der Waals surface area contributed by atoms with Crippen LogP contribution in [0.4, 0.5) is 0 Å². The summed E-state index contributed by atoms with van der Waals surface area (Å²) in [6.07, 6.45) is 0.842. The van der Waals surface area contributed by atoms with Crippen LogP contribution in [0, 0.1) is 5.92 Å². The van der Waals surface area contributed by atoms with Crippen molar-refractivity contribution in [1.29, 1.82) is 0 Å². The molecule has 4 aliphatic rings. The molecule has 4 fully saturated rings. The zero-order valence-electron chi connectivity index (χ0n) is 14.6. The fourth-order valence-corrected chi connectivity index (χ4v) is 5.05. The van der Waals surface area contributed by atoms with Crippen LogP contribution >= 0.6 is 12.2 Å². The summed E-state index contributed by atoms with van der Waals surface area (Å²) in [5.74, 6) is 0.178. The quantitative estimate of drug-likeness (QED) is 0.638. The zero-order chi connectivity index (χ0) is 18.5. The van der Waals surface area contributed by atoms with Gasteiger partial charge in [-0.05, 0) is 36.3 Å². The second-order valence-electron chi connectivity index (χ2n) is 7.40. The first-order valence-corrected chi connectivity index (χ1v) is 9.56. The van der Waals surface area contributed by atoms with Crippen LogP contribution in [-0.2, 0) is 22.6 Å². The standard InChI is InChI=1S/C20H20N2O4S/c23-15-9-14-16-17(18(15)26-19(14)24)21(10-12-5-2-1-3-6-12)20(27)22(16)11-13-7-4-8-25-13/h1-8,14-18,23H,9-11H2/t14-,15+,16+,17-,18-/m0/s1. The highest BCUT2D eigenvalue weighted by Gasteiger charge is 2.62. The van der Waals surface area contributed by atoms with Crippen molar-refractivity contribution in [2.24, 2.45) is 5.92 Å². The summed E-state index contributed by atoms with van der Waals surface area (Å²) in [6, 6.07) is 13.6. The number of aliphatic hydroxyl groups is 1. The Balaban J connectivity index is 1.52. The first kappa shape index (κ1) is 16.8. The molecule has 7 heteroatoms. The molecule has 1 aliphatic carbocycles. The zero-order valence-corrected chi connectivity index (χ0v) is 15.4. The number of aliphatic hydroxyl groups excluding tert-OH is 1. The van der Waals surface area contributed by atoms with Crippen molar-refractivity contribution in [3.8, 4) is 0 Å². The van der Waals surface area contributed by atoms with E-state index in [-0.39, 0.29) is 24.0 Å². The average Bonchev–Trinajstić information content (AvgIpc) is 3.27. The van der Waals surface area contributed by atoms with Gasteiger partial charge in [0.15, 0.2) is 5.11 Å². The van der Waals surface area contributed by atoms with Gasteiger partial charge in [0.1, 0.15) is 11.9 Å². The Morgan fingerprint density at radius 3 is 2.59 bits per heavy atom. The van der Waals surface area contributed by atoms with Crippen LogP contribution in [0.15, 0.2) is 53.1 Å². The molecule has 5 atom stereocenters. The van der Waals surface area contributed by atoms with E-state index in [9.17, 15) is 9.90 Å². The lowest BCUT2D eigenvalue weighted by Gasteiger charge is -2.49. The number of esters is 1. The van der Waals surface area contributed by atoms with E-state index in [0.717, 1.165) is 11.3 Å². The largest absolute Gasteiger partial charge is 0.467 e. The molecule has 0 spiro atoms. The number of carbonyl (C=O) groups is 1. The van der Waals surface area contributed by atoms with Crippen molar-refractivity contribution in [2.75, 3.05) is 0 Å². The summed E-state index contributed by atoms with van der Waals surface area (Å²) in [7, 11) is 0. The Kier molecular flexibility index (Phi) is 3.94. The molecule has 0 radical (unpaired) electrons. The van der Waals surface area contributed by atoms with Crippen molar-refractivity contribution in [3.05, 3.63) is 60.1 Å². The number of nitrogens with zero attached hydrogens (tertiary/aromatic N) is 2. The van der Waals surface area contributed by atoms with Gasteiger partial charge >= 0.3 is 5.97 Å². The van der Waals surface area contributed by atoms with Crippen LogP contribution in [-0.4, -0.2) is 50.3 Å². The highest BCUT2D eigenvalue weighted by Crippen LogP contribution is 2.45. The monoisotopic (exact) mass is 384 g/mol. The molecule has 1 aromatic heterocycles. The lowest BCUT2D eigenvalue weighted by molar-refractivity contribution is -0.199. The Morgan fingerprint density at radius 1 is 1.07 bits per heavy atom. The van der Waals surface area contributed by atoms with Crippen LogP contribution < -0.4 is 0 Å². The van der Waals surface area contributed by atoms with Crippen molar-refractivity contribution in [2.45, 2.75) is 43.8 Å². The summed E-state index contributed by atoms with van der Waals surface area (Å²) in [5, 5.41) is 11.2. The molecule has 1 saturated carbocycles. The summed E-state index contributed by atoms with van der Waals surface area (Å²) < 4.78 is 11.1. The van der Waals surface area contributed by atoms with E-state index >= 15 is 0 Å². The topological polar surface area (TPSA) is 66.2 Å². The maximum atomic E-state index is 12.4. The molecule has 4 heterocycles. The number of ether oxygens (including phenoxy) is 1. The van der Waals surface area contributed by atoms with Gasteiger partial charge in [0.25, 0.3) is 0 Å². The molecule has 2 aromatic rings. The van der Waals surface area contributed by atoms with Gasteiger partial charge in [-0.15, -0.1) is 0 Å². The molecule has 6 nitrogen and oxygen atoms in total. The minimum absolute atomic E-state index is 0.110. The fourth-order valence-electron chi connectivity index (χ4n) is 4.68. The normalized spacial score (nSPS) is 32.0. The van der Waals surface area contributed by atoms with Crippen molar-refractivity contribution >= 4 is 23.3 Å². The summed E-state index contributed by atoms with van der Waals surface area (Å²) in [6.45, 7) is 1.12. The molecule has 0 amide bonds. The lowest BCUT2D eigenvalue weighted by Crippen LogP contribution is -2.66. The van der Waals surface area contributed by atoms with Gasteiger partial charge in [-0.1, -0.05) is 30.3 Å². The van der Waals surface area contributed by atoms with E-state index < -0.39 is 12.2 Å². The van der Waals surface area contributed by atoms with Crippen molar-refractivity contribution in [3.63, 3.8) is 0 Å². The second kappa shape index (κ2) is 6.35. The van der Waals surface area contributed by atoms with Crippen LogP contribution in [0.1, 0.15) is 17.7 Å². The molecule has 3 aliphatic heterocycles. The van der Waals surface area contributed by atoms with E-state index in [2.05, 4.69) is 21.9 Å². The number of rotatable bonds is 4. The third kappa shape index (κ3) is 2.64. The molecule has 3 saturated heterocycles. The van der Waals surface area contributed by atoms with E-state index in [1.165, 1.54) is 0 Å². The Morgan fingerprint density at radius 2 is 1.85 bits per heavy atom. The van der Waals surface area contributed by atoms with Crippen LogP contribution in [0.5, 0.6) is 0 Å². The average molecular weight is 384 g/mol. The van der Waals surface area contributed by atoms with Crippen LogP contribution in [0.2, 0.25) is 0 Å². The van der Waals surface area contributed by atoms with Gasteiger partial charge in [-0.2, -0.15) is 0 Å². The third-order valence-electron chi connectivity index (χ3n) is 5.84. The molecule has 6 rings (SSSR count). The van der Waals surface area contributed by atoms with E-state index in [4.69, 9.17) is 21.4 Å². The van der Waals surface area contributed by atoms with Gasteiger partial charge in [-0.3, -0.25) is 4.79 Å². The Labute approximate surface area is 162 Å². The van der Waals surface area contributed by atoms with E-state index in [0.29, 0.717) is 24.6 Å². The number of fused-ring (bicyclic) bond motifs is 2. The van der Waals surface area contributed by atoms with Crippen molar-refractivity contribution < 1.29 is 19.1 Å². The van der Waals surface area contributed by atoms with Crippen LogP contribution in [0.3, 0.4) is 0 Å². The van der Waals surface area contributed by atoms with Gasteiger partial charge in [0.05, 0.1) is 36.9 Å². The number of hydrogen-bond donors (Lipinski definition) is 1. The number of hydrogen-bond acceptors (Lipinski definition) is 5. The van der Waals surface area contributed by atoms with Crippen LogP contribution in [0.25, 0.3) is 0 Å². The fraction of sp³-hybridized carbons (Fsp3) is 0.400. The Hall–Kier alpha value is -2.38. The number of benzene rings is 1. The first-order chi connectivity index (χ1) is 13.1. The first-order valence-electron chi connectivity index (χ1n) is 9.15. The molecular formula is C20H20N2O4S. The SMILES string of the molecule is O=C1O[C@@H]2[C@@H]3[C@@H]([C@@H]1C[C@H]2O)N(Cc1ccco1)C(=S)N3Cc1ccccc1. The highest BCUT2D eigenvalue weighted by atomic mass is 32.1. The smallest absolute Gasteiger partial charge is 0.311 e. The van der Waals surface area contributed by atoms with E-state index in [1.807, 2.05) is 30.3 Å². The number of carbonyl (C=O) groups excluding carboxylic acids is 1. The summed E-state index contributed by atoms with van der Waals surface area (Å²) >= 11 is 5.82. The predicted octanol–water partition coefficient (Wildman–Crippen LogP) is 1.93. The molecule has 2 bridgehead atoms. The molecule has 140 valence electrons. The number of thiocarbonyl (C=S) groups is 1. The maximum Gasteiger partial charge on any atom is 0.311 e. The second-order valence-corrected chi connectivity index (χ2v) is 7.76. The van der Waals surface area contributed by atoms with Crippen molar-refractivity contribution in [1.82, 2.24) is 9.80 Å². The molecular weight excluding hydrogens is 364 g/mol. The molecule has 27 heavy (non-hydrogen) atoms. The molecule has 1 aromatic carbocycles.